The standard InChI is InChI=1S/C9H12FN3.C2H6/c1-6-3-4-8(10)9(5-6)13(12)7(2)11;1-2/h3-5,11H,12H2,1-2H3;1-2H3. The molecule has 1 aromatic rings. The van der Waals surface area contributed by atoms with Crippen molar-refractivity contribution >= 4 is 11.5 Å². The fraction of sp³-hybridized carbons (Fsp3) is 0.364. The van der Waals surface area contributed by atoms with E-state index in [-0.39, 0.29) is 11.5 Å². The molecule has 0 atom stereocenters. The maximum Gasteiger partial charge on any atom is 0.148 e. The van der Waals surface area contributed by atoms with Gasteiger partial charge in [0.1, 0.15) is 11.7 Å². The first-order valence-electron chi connectivity index (χ1n) is 4.88. The van der Waals surface area contributed by atoms with Gasteiger partial charge in [0.15, 0.2) is 0 Å². The van der Waals surface area contributed by atoms with Crippen LogP contribution in [0.2, 0.25) is 0 Å². The third kappa shape index (κ3) is 3.67. The Hall–Kier alpha value is -1.42. The molecule has 0 spiro atoms. The molecule has 15 heavy (non-hydrogen) atoms. The van der Waals surface area contributed by atoms with Crippen molar-refractivity contribution in [3.05, 3.63) is 29.6 Å². The molecule has 0 saturated heterocycles. The highest BCUT2D eigenvalue weighted by atomic mass is 19.1. The van der Waals surface area contributed by atoms with Crippen molar-refractivity contribution in [2.45, 2.75) is 27.7 Å². The van der Waals surface area contributed by atoms with Gasteiger partial charge in [0, 0.05) is 0 Å². The SMILES string of the molecule is CC.CC(=N)N(N)c1cc(C)ccc1F. The number of aryl methyl sites for hydroxylation is 1. The molecule has 1 rings (SSSR count). The Morgan fingerprint density at radius 1 is 1.40 bits per heavy atom. The van der Waals surface area contributed by atoms with E-state index in [0.29, 0.717) is 0 Å². The second kappa shape index (κ2) is 6.14. The predicted octanol–water partition coefficient (Wildman–Crippen LogP) is 2.84. The van der Waals surface area contributed by atoms with Crippen molar-refractivity contribution < 1.29 is 4.39 Å². The zero-order valence-electron chi connectivity index (χ0n) is 9.63. The Balaban J connectivity index is 0.000000921. The summed E-state index contributed by atoms with van der Waals surface area (Å²) in [5, 5.41) is 8.26. The van der Waals surface area contributed by atoms with Crippen molar-refractivity contribution in [2.24, 2.45) is 5.84 Å². The highest BCUT2D eigenvalue weighted by Gasteiger charge is 2.09. The van der Waals surface area contributed by atoms with E-state index in [9.17, 15) is 4.39 Å². The highest BCUT2D eigenvalue weighted by molar-refractivity contribution is 5.92. The van der Waals surface area contributed by atoms with E-state index < -0.39 is 5.82 Å². The zero-order chi connectivity index (χ0) is 12.0. The molecule has 1 aromatic carbocycles. The molecule has 0 aliphatic heterocycles. The number of hydrogen-bond acceptors (Lipinski definition) is 2. The minimum absolute atomic E-state index is 0.101. The molecule has 3 N–H and O–H groups in total. The first kappa shape index (κ1) is 13.6. The summed E-state index contributed by atoms with van der Waals surface area (Å²) in [5.74, 6) is 5.16. The number of rotatable bonds is 1. The molecule has 0 aliphatic rings. The molecule has 4 heteroatoms. The lowest BCUT2D eigenvalue weighted by molar-refractivity contribution is 0.626. The van der Waals surface area contributed by atoms with E-state index >= 15 is 0 Å². The molecule has 0 fully saturated rings. The van der Waals surface area contributed by atoms with Crippen molar-refractivity contribution in [1.82, 2.24) is 0 Å². The largest absolute Gasteiger partial charge is 0.287 e. The number of halogens is 1. The molecule has 0 aromatic heterocycles. The summed E-state index contributed by atoms with van der Waals surface area (Å²) in [5.41, 5.74) is 1.14. The maximum absolute atomic E-state index is 13.2. The lowest BCUT2D eigenvalue weighted by Crippen LogP contribution is -2.35. The van der Waals surface area contributed by atoms with Crippen LogP contribution < -0.4 is 10.9 Å². The van der Waals surface area contributed by atoms with Crippen LogP contribution in [-0.2, 0) is 0 Å². The zero-order valence-corrected chi connectivity index (χ0v) is 9.63. The van der Waals surface area contributed by atoms with Gasteiger partial charge in [0.25, 0.3) is 0 Å². The number of hydrazine groups is 1. The second-order valence-electron chi connectivity index (χ2n) is 2.91. The highest BCUT2D eigenvalue weighted by Crippen LogP contribution is 2.18. The molecule has 84 valence electrons. The van der Waals surface area contributed by atoms with Crippen LogP contribution >= 0.6 is 0 Å². The lowest BCUT2D eigenvalue weighted by atomic mass is 10.2. The van der Waals surface area contributed by atoms with E-state index in [1.807, 2.05) is 20.8 Å². The average Bonchev–Trinajstić information content (AvgIpc) is 2.23. The van der Waals surface area contributed by atoms with Gasteiger partial charge in [-0.3, -0.25) is 10.4 Å². The van der Waals surface area contributed by atoms with Gasteiger partial charge in [-0.15, -0.1) is 0 Å². The quantitative estimate of drug-likeness (QED) is 0.325. The summed E-state index contributed by atoms with van der Waals surface area (Å²) < 4.78 is 13.2. The van der Waals surface area contributed by atoms with E-state index in [0.717, 1.165) is 10.6 Å². The van der Waals surface area contributed by atoms with Crippen molar-refractivity contribution in [3.8, 4) is 0 Å². The predicted molar refractivity (Wildman–Crippen MR) is 62.6 cm³/mol. The van der Waals surface area contributed by atoms with E-state index in [4.69, 9.17) is 11.3 Å². The van der Waals surface area contributed by atoms with E-state index in [2.05, 4.69) is 0 Å². The van der Waals surface area contributed by atoms with Gasteiger partial charge in [0.05, 0.1) is 5.69 Å². The van der Waals surface area contributed by atoms with Gasteiger partial charge in [-0.2, -0.15) is 0 Å². The Morgan fingerprint density at radius 2 is 1.93 bits per heavy atom. The van der Waals surface area contributed by atoms with Crippen LogP contribution in [0.1, 0.15) is 26.3 Å². The van der Waals surface area contributed by atoms with Gasteiger partial charge in [-0.05, 0) is 31.5 Å². The van der Waals surface area contributed by atoms with Crippen LogP contribution in [0.5, 0.6) is 0 Å². The van der Waals surface area contributed by atoms with Crippen molar-refractivity contribution in [1.29, 1.82) is 5.41 Å². The lowest BCUT2D eigenvalue weighted by Gasteiger charge is -2.17. The van der Waals surface area contributed by atoms with Gasteiger partial charge < -0.3 is 0 Å². The van der Waals surface area contributed by atoms with Crippen LogP contribution in [0.25, 0.3) is 0 Å². The Kier molecular flexibility index (Phi) is 5.56. The van der Waals surface area contributed by atoms with Crippen LogP contribution in [-0.4, -0.2) is 5.84 Å². The second-order valence-corrected chi connectivity index (χ2v) is 2.91. The first-order valence-corrected chi connectivity index (χ1v) is 4.88. The summed E-state index contributed by atoms with van der Waals surface area (Å²) >= 11 is 0. The molecule has 0 unspecified atom stereocenters. The average molecular weight is 211 g/mol. The molecule has 0 radical (unpaired) electrons. The summed E-state index contributed by atoms with van der Waals surface area (Å²) in [6.07, 6.45) is 0. The fourth-order valence-corrected chi connectivity index (χ4v) is 0.988. The van der Waals surface area contributed by atoms with E-state index in [1.165, 1.54) is 13.0 Å². The van der Waals surface area contributed by atoms with Gasteiger partial charge in [0.2, 0.25) is 0 Å². The third-order valence-corrected chi connectivity index (χ3v) is 1.72. The number of anilines is 1. The molecule has 0 bridgehead atoms. The van der Waals surface area contributed by atoms with Crippen LogP contribution in [0.15, 0.2) is 18.2 Å². The summed E-state index contributed by atoms with van der Waals surface area (Å²) in [7, 11) is 0. The molecule has 0 saturated carbocycles. The number of hydrogen-bond donors (Lipinski definition) is 2. The smallest absolute Gasteiger partial charge is 0.148 e. The number of benzene rings is 1. The Labute approximate surface area is 90.2 Å². The van der Waals surface area contributed by atoms with Crippen molar-refractivity contribution in [3.63, 3.8) is 0 Å². The molecule has 0 amide bonds. The minimum atomic E-state index is -0.417. The maximum atomic E-state index is 13.2. The number of nitrogens with zero attached hydrogens (tertiary/aromatic N) is 1. The molecule has 0 aliphatic carbocycles. The number of nitrogens with one attached hydrogen (secondary N) is 1. The van der Waals surface area contributed by atoms with Gasteiger partial charge in [-0.25, -0.2) is 10.2 Å². The molecular formula is C11H18FN3. The van der Waals surface area contributed by atoms with E-state index in [1.54, 1.807) is 12.1 Å². The topological polar surface area (TPSA) is 53.1 Å². The first-order chi connectivity index (χ1) is 7.02. The van der Waals surface area contributed by atoms with Crippen LogP contribution in [0.3, 0.4) is 0 Å². The molecular weight excluding hydrogens is 193 g/mol. The summed E-state index contributed by atoms with van der Waals surface area (Å²) in [6.45, 7) is 7.35. The molecule has 3 nitrogen and oxygen atoms in total. The number of nitrogens with two attached hydrogens (primary N) is 1. The fourth-order valence-electron chi connectivity index (χ4n) is 0.988. The monoisotopic (exact) mass is 211 g/mol. The van der Waals surface area contributed by atoms with Crippen molar-refractivity contribution in [2.75, 3.05) is 5.01 Å². The van der Waals surface area contributed by atoms with Crippen LogP contribution in [0, 0.1) is 18.2 Å². The van der Waals surface area contributed by atoms with Gasteiger partial charge >= 0.3 is 0 Å². The summed E-state index contributed by atoms with van der Waals surface area (Å²) in [6, 6.07) is 4.60. The molecule has 0 heterocycles. The minimum Gasteiger partial charge on any atom is -0.287 e. The number of amidine groups is 1. The Bertz CT molecular complexity index is 337. The summed E-state index contributed by atoms with van der Waals surface area (Å²) in [4.78, 5) is 0. The third-order valence-electron chi connectivity index (χ3n) is 1.72. The Morgan fingerprint density at radius 3 is 2.40 bits per heavy atom. The van der Waals surface area contributed by atoms with Crippen LogP contribution in [0.4, 0.5) is 10.1 Å². The normalized spacial score (nSPS) is 8.93. The van der Waals surface area contributed by atoms with Gasteiger partial charge in [-0.1, -0.05) is 19.9 Å².